The molecule has 0 aliphatic carbocycles. The molecular weight excluding hydrogens is 511 g/mol. The van der Waals surface area contributed by atoms with Crippen LogP contribution in [0.5, 0.6) is 0 Å². The molecule has 0 unspecified atom stereocenters. The van der Waals surface area contributed by atoms with Gasteiger partial charge in [0.1, 0.15) is 0 Å². The molecule has 0 aliphatic heterocycles. The van der Waals surface area contributed by atoms with E-state index in [0.717, 1.165) is 19.6 Å². The summed E-state index contributed by atoms with van der Waals surface area (Å²) in [4.78, 5) is 6.39. The zero-order valence-electron chi connectivity index (χ0n) is 19.9. The Hall–Kier alpha value is -1.11. The molecule has 0 spiro atoms. The zero-order valence-corrected chi connectivity index (χ0v) is 23.1. The van der Waals surface area contributed by atoms with Crippen molar-refractivity contribution in [3.8, 4) is 0 Å². The Morgan fingerprint density at radius 3 is 0.903 bits per heavy atom. The van der Waals surface area contributed by atoms with Crippen LogP contribution in [0, 0.1) is 59.0 Å². The number of benzene rings is 3. The van der Waals surface area contributed by atoms with Crippen molar-refractivity contribution in [1.82, 2.24) is 14.7 Å². The van der Waals surface area contributed by atoms with Crippen LogP contribution in [-0.4, -0.2) is 57.0 Å². The fraction of sp³-hybridized carbons (Fsp3) is 0.333. The van der Waals surface area contributed by atoms with Gasteiger partial charge in [-0.15, -0.1) is 16.7 Å². The van der Waals surface area contributed by atoms with Gasteiger partial charge in [-0.25, -0.2) is 0 Å². The van der Waals surface area contributed by atoms with Crippen LogP contribution >= 0.6 is 0 Å². The minimum atomic E-state index is 0. The Kier molecular flexibility index (Phi) is 17.8. The molecule has 0 bridgehead atoms. The topological polar surface area (TPSA) is 9.72 Å². The molecular formula is C27H36N3Nd. The summed E-state index contributed by atoms with van der Waals surface area (Å²) in [5.74, 6) is 0. The first-order valence-electron chi connectivity index (χ1n) is 10.2. The molecule has 0 atom stereocenters. The first kappa shape index (κ1) is 29.9. The van der Waals surface area contributed by atoms with Crippen LogP contribution in [0.3, 0.4) is 0 Å². The quantitative estimate of drug-likeness (QED) is 0.417. The summed E-state index contributed by atoms with van der Waals surface area (Å²) in [7, 11) is 12.3. The third kappa shape index (κ3) is 17.2. The third-order valence-electron chi connectivity index (χ3n) is 3.78. The molecule has 0 saturated carbocycles. The van der Waals surface area contributed by atoms with Gasteiger partial charge >= 0.3 is 40.8 Å². The van der Waals surface area contributed by atoms with Crippen molar-refractivity contribution in [3.63, 3.8) is 0 Å². The molecule has 0 amide bonds. The van der Waals surface area contributed by atoms with E-state index < -0.39 is 0 Å². The molecule has 0 aromatic heterocycles. The molecule has 163 valence electrons. The summed E-state index contributed by atoms with van der Waals surface area (Å²) in [5, 5.41) is 0. The van der Waals surface area contributed by atoms with Crippen molar-refractivity contribution in [2.24, 2.45) is 0 Å². The van der Waals surface area contributed by atoms with E-state index >= 15 is 0 Å². The van der Waals surface area contributed by atoms with Gasteiger partial charge in [-0.1, -0.05) is 0 Å². The second kappa shape index (κ2) is 18.5. The van der Waals surface area contributed by atoms with Gasteiger partial charge in [-0.05, 0) is 42.3 Å². The summed E-state index contributed by atoms with van der Waals surface area (Å²) >= 11 is 0. The van der Waals surface area contributed by atoms with Crippen molar-refractivity contribution < 1.29 is 40.8 Å². The van der Waals surface area contributed by atoms with Gasteiger partial charge in [0.25, 0.3) is 0 Å². The average Bonchev–Trinajstić information content (AvgIpc) is 2.70. The minimum Gasteiger partial charge on any atom is -0.307 e. The van der Waals surface area contributed by atoms with Gasteiger partial charge in [0, 0.05) is 19.6 Å². The smallest absolute Gasteiger partial charge is 0.307 e. The van der Waals surface area contributed by atoms with Gasteiger partial charge in [0.05, 0.1) is 0 Å². The van der Waals surface area contributed by atoms with Crippen LogP contribution in [0.15, 0.2) is 72.8 Å². The van der Waals surface area contributed by atoms with Gasteiger partial charge in [0.2, 0.25) is 0 Å². The molecule has 3 rings (SSSR count). The predicted octanol–water partition coefficient (Wildman–Crippen LogP) is 4.65. The zero-order chi connectivity index (χ0) is 22.2. The van der Waals surface area contributed by atoms with Gasteiger partial charge < -0.3 is 14.7 Å². The van der Waals surface area contributed by atoms with Crippen molar-refractivity contribution in [2.75, 3.05) is 42.3 Å². The molecule has 4 heteroatoms. The number of hydrogen-bond acceptors (Lipinski definition) is 3. The maximum absolute atomic E-state index is 3.16. The summed E-state index contributed by atoms with van der Waals surface area (Å²) in [5.41, 5.74) is 3.73. The van der Waals surface area contributed by atoms with E-state index in [0.29, 0.717) is 0 Å². The number of hydrogen-bond donors (Lipinski definition) is 0. The fourth-order valence-electron chi connectivity index (χ4n) is 2.61. The van der Waals surface area contributed by atoms with Crippen molar-refractivity contribution in [2.45, 2.75) is 19.6 Å². The SMILES string of the molecule is CN(C)Cc1[c-]cccc1.CN(C)Cc1[c-]cccc1.CN(C)Cc1[c-]cccc1.[Nd+3]. The van der Waals surface area contributed by atoms with E-state index in [2.05, 4.69) is 93.4 Å². The first-order valence-corrected chi connectivity index (χ1v) is 10.2. The second-order valence-electron chi connectivity index (χ2n) is 7.88. The van der Waals surface area contributed by atoms with Crippen molar-refractivity contribution in [1.29, 1.82) is 0 Å². The Morgan fingerprint density at radius 2 is 0.742 bits per heavy atom. The predicted molar refractivity (Wildman–Crippen MR) is 128 cm³/mol. The minimum absolute atomic E-state index is 0. The van der Waals surface area contributed by atoms with Crippen LogP contribution in [0.4, 0.5) is 0 Å². The van der Waals surface area contributed by atoms with E-state index in [1.54, 1.807) is 0 Å². The van der Waals surface area contributed by atoms with Gasteiger partial charge in [-0.3, -0.25) is 0 Å². The Balaban J connectivity index is 0.000000429. The summed E-state index contributed by atoms with van der Waals surface area (Å²) in [6, 6.07) is 33.6. The largest absolute Gasteiger partial charge is 3.00 e. The Morgan fingerprint density at radius 1 is 0.484 bits per heavy atom. The molecule has 3 aromatic carbocycles. The molecule has 0 heterocycles. The molecule has 1 radical (unpaired) electrons. The van der Waals surface area contributed by atoms with E-state index in [-0.39, 0.29) is 40.8 Å². The standard InChI is InChI=1S/3C9H12N.Nd/c3*1-10(2)8-9-6-4-3-5-7-9;/h3*3-6H,8H2,1-2H3;/q3*-1;+3. The van der Waals surface area contributed by atoms with E-state index in [1.165, 1.54) is 16.7 Å². The fourth-order valence-corrected chi connectivity index (χ4v) is 2.61. The van der Waals surface area contributed by atoms with Crippen LogP contribution in [-0.2, 0) is 19.6 Å². The van der Waals surface area contributed by atoms with Crippen LogP contribution in [0.1, 0.15) is 16.7 Å². The monoisotopic (exact) mass is 544 g/mol. The maximum Gasteiger partial charge on any atom is 3.00 e. The van der Waals surface area contributed by atoms with E-state index in [4.69, 9.17) is 0 Å². The third-order valence-corrected chi connectivity index (χ3v) is 3.78. The molecule has 0 aliphatic rings. The molecule has 0 saturated heterocycles. The van der Waals surface area contributed by atoms with Crippen molar-refractivity contribution >= 4 is 0 Å². The molecule has 0 fully saturated rings. The van der Waals surface area contributed by atoms with Crippen LogP contribution < -0.4 is 0 Å². The van der Waals surface area contributed by atoms with Gasteiger partial charge in [-0.2, -0.15) is 91.0 Å². The molecule has 0 N–H and O–H groups in total. The summed E-state index contributed by atoms with van der Waals surface area (Å²) in [6.07, 6.45) is 0. The summed E-state index contributed by atoms with van der Waals surface area (Å²) < 4.78 is 0. The molecule has 3 aromatic rings. The molecule has 31 heavy (non-hydrogen) atoms. The average molecular weight is 547 g/mol. The van der Waals surface area contributed by atoms with Gasteiger partial charge in [0.15, 0.2) is 0 Å². The van der Waals surface area contributed by atoms with Crippen LogP contribution in [0.2, 0.25) is 0 Å². The van der Waals surface area contributed by atoms with E-state index in [1.807, 2.05) is 54.6 Å². The van der Waals surface area contributed by atoms with Crippen LogP contribution in [0.25, 0.3) is 0 Å². The Bertz CT molecular complexity index is 652. The second-order valence-corrected chi connectivity index (χ2v) is 7.88. The first-order chi connectivity index (χ1) is 14.4. The summed E-state index contributed by atoms with van der Waals surface area (Å²) in [6.45, 7) is 2.92. The number of nitrogens with zero attached hydrogens (tertiary/aromatic N) is 3. The van der Waals surface area contributed by atoms with Crippen molar-refractivity contribution in [3.05, 3.63) is 108 Å². The molecule has 3 nitrogen and oxygen atoms in total. The van der Waals surface area contributed by atoms with E-state index in [9.17, 15) is 0 Å². The normalized spacial score (nSPS) is 9.97. The number of rotatable bonds is 6. The Labute approximate surface area is 223 Å². The maximum atomic E-state index is 3.16.